The van der Waals surface area contributed by atoms with Crippen LogP contribution in [0.3, 0.4) is 0 Å². The van der Waals surface area contributed by atoms with E-state index in [1.165, 1.54) is 0 Å². The van der Waals surface area contributed by atoms with Crippen molar-refractivity contribution in [1.29, 1.82) is 0 Å². The van der Waals surface area contributed by atoms with Crippen LogP contribution in [0.25, 0.3) is 0 Å². The summed E-state index contributed by atoms with van der Waals surface area (Å²) in [5.74, 6) is -0.235. The van der Waals surface area contributed by atoms with Gasteiger partial charge in [0.2, 0.25) is 11.8 Å². The first kappa shape index (κ1) is 22.3. The van der Waals surface area contributed by atoms with Crippen LogP contribution in [0.1, 0.15) is 37.8 Å². The number of amides is 2. The maximum atomic E-state index is 12.9. The molecule has 0 aromatic heterocycles. The Bertz CT molecular complexity index is 796. The van der Waals surface area contributed by atoms with Gasteiger partial charge in [-0.2, -0.15) is 0 Å². The average Bonchev–Trinajstić information content (AvgIpc) is 2.67. The molecule has 2 amide bonds. The standard InChI is InChI=1S/C22H26Cl2N2O2/c1-3-8-21(27)26(15-17-11-12-18(23)14-19(17)24)20(22(28)25-4-2)13-16-9-6-5-7-10-16/h5-7,9-12,14,20H,3-4,8,13,15H2,1-2H3,(H,25,28)/t20-/m1/s1. The molecule has 0 aliphatic rings. The van der Waals surface area contributed by atoms with Crippen LogP contribution >= 0.6 is 23.2 Å². The number of nitrogens with zero attached hydrogens (tertiary/aromatic N) is 1. The molecule has 0 spiro atoms. The van der Waals surface area contributed by atoms with Crippen molar-refractivity contribution in [3.05, 3.63) is 69.7 Å². The van der Waals surface area contributed by atoms with Crippen LogP contribution in [-0.4, -0.2) is 29.3 Å². The van der Waals surface area contributed by atoms with Gasteiger partial charge < -0.3 is 10.2 Å². The Morgan fingerprint density at radius 3 is 2.39 bits per heavy atom. The summed E-state index contributed by atoms with van der Waals surface area (Å²) >= 11 is 12.3. The van der Waals surface area contributed by atoms with E-state index >= 15 is 0 Å². The maximum Gasteiger partial charge on any atom is 0.243 e. The van der Waals surface area contributed by atoms with E-state index in [-0.39, 0.29) is 18.4 Å². The summed E-state index contributed by atoms with van der Waals surface area (Å²) in [5.41, 5.74) is 1.76. The summed E-state index contributed by atoms with van der Waals surface area (Å²) in [7, 11) is 0. The molecule has 0 bridgehead atoms. The summed E-state index contributed by atoms with van der Waals surface area (Å²) in [6, 6.07) is 14.3. The maximum absolute atomic E-state index is 12.9. The molecular formula is C22H26Cl2N2O2. The van der Waals surface area contributed by atoms with Crippen LogP contribution in [0, 0.1) is 0 Å². The minimum Gasteiger partial charge on any atom is -0.355 e. The second-order valence-corrected chi connectivity index (χ2v) is 7.45. The van der Waals surface area contributed by atoms with E-state index < -0.39 is 6.04 Å². The second-order valence-electron chi connectivity index (χ2n) is 6.61. The summed E-state index contributed by atoms with van der Waals surface area (Å²) in [4.78, 5) is 27.4. The van der Waals surface area contributed by atoms with E-state index in [4.69, 9.17) is 23.2 Å². The fraction of sp³-hybridized carbons (Fsp3) is 0.364. The van der Waals surface area contributed by atoms with Crippen molar-refractivity contribution in [2.24, 2.45) is 0 Å². The highest BCUT2D eigenvalue weighted by atomic mass is 35.5. The number of hydrogen-bond donors (Lipinski definition) is 1. The minimum absolute atomic E-state index is 0.0688. The molecule has 1 N–H and O–H groups in total. The summed E-state index contributed by atoms with van der Waals surface area (Å²) in [5, 5.41) is 3.88. The van der Waals surface area contributed by atoms with E-state index in [0.717, 1.165) is 11.1 Å². The zero-order chi connectivity index (χ0) is 20.5. The molecule has 28 heavy (non-hydrogen) atoms. The number of carbonyl (C=O) groups excluding carboxylic acids is 2. The molecule has 150 valence electrons. The van der Waals surface area contributed by atoms with Gasteiger partial charge in [0.05, 0.1) is 0 Å². The summed E-state index contributed by atoms with van der Waals surface area (Å²) in [6.45, 7) is 4.57. The van der Waals surface area contributed by atoms with Crippen LogP contribution in [0.5, 0.6) is 0 Å². The smallest absolute Gasteiger partial charge is 0.243 e. The van der Waals surface area contributed by atoms with E-state index in [0.29, 0.717) is 35.9 Å². The van der Waals surface area contributed by atoms with Gasteiger partial charge in [0, 0.05) is 36.0 Å². The van der Waals surface area contributed by atoms with Gasteiger partial charge in [-0.25, -0.2) is 0 Å². The van der Waals surface area contributed by atoms with Crippen molar-refractivity contribution >= 4 is 35.0 Å². The summed E-state index contributed by atoms with van der Waals surface area (Å²) < 4.78 is 0. The van der Waals surface area contributed by atoms with E-state index in [2.05, 4.69) is 5.32 Å². The van der Waals surface area contributed by atoms with Crippen LogP contribution in [0.15, 0.2) is 48.5 Å². The number of carbonyl (C=O) groups is 2. The zero-order valence-corrected chi connectivity index (χ0v) is 17.8. The Kier molecular flexibility index (Phi) is 8.81. The van der Waals surface area contributed by atoms with Crippen molar-refractivity contribution in [3.63, 3.8) is 0 Å². The van der Waals surface area contributed by atoms with Crippen LogP contribution in [0.2, 0.25) is 10.0 Å². The number of likely N-dealkylation sites (N-methyl/N-ethyl adjacent to an activating group) is 1. The van der Waals surface area contributed by atoms with Gasteiger partial charge in [-0.05, 0) is 36.6 Å². The molecule has 2 aromatic rings. The molecule has 0 saturated carbocycles. The van der Waals surface area contributed by atoms with Crippen molar-refractivity contribution in [2.45, 2.75) is 45.7 Å². The van der Waals surface area contributed by atoms with Crippen molar-refractivity contribution < 1.29 is 9.59 Å². The quantitative estimate of drug-likeness (QED) is 0.628. The Labute approximate surface area is 176 Å². The molecule has 0 unspecified atom stereocenters. The third kappa shape index (κ3) is 6.25. The first-order chi connectivity index (χ1) is 13.5. The lowest BCUT2D eigenvalue weighted by Crippen LogP contribution is -2.50. The largest absolute Gasteiger partial charge is 0.355 e. The molecule has 0 radical (unpaired) electrons. The molecular weight excluding hydrogens is 395 g/mol. The van der Waals surface area contributed by atoms with E-state index in [1.807, 2.05) is 44.2 Å². The number of hydrogen-bond acceptors (Lipinski definition) is 2. The van der Waals surface area contributed by atoms with Crippen LogP contribution in [-0.2, 0) is 22.6 Å². The molecule has 1 atom stereocenters. The predicted molar refractivity (Wildman–Crippen MR) is 115 cm³/mol. The van der Waals surface area contributed by atoms with E-state index in [9.17, 15) is 9.59 Å². The number of nitrogens with one attached hydrogen (secondary N) is 1. The molecule has 0 aliphatic carbocycles. The van der Waals surface area contributed by atoms with Crippen molar-refractivity contribution in [1.82, 2.24) is 10.2 Å². The molecule has 2 aromatic carbocycles. The van der Waals surface area contributed by atoms with E-state index in [1.54, 1.807) is 23.1 Å². The van der Waals surface area contributed by atoms with Gasteiger partial charge >= 0.3 is 0 Å². The molecule has 0 saturated heterocycles. The van der Waals surface area contributed by atoms with Crippen molar-refractivity contribution in [2.75, 3.05) is 6.54 Å². The molecule has 6 heteroatoms. The molecule has 2 rings (SSSR count). The highest BCUT2D eigenvalue weighted by Crippen LogP contribution is 2.24. The van der Waals surface area contributed by atoms with Crippen LogP contribution in [0.4, 0.5) is 0 Å². The van der Waals surface area contributed by atoms with Gasteiger partial charge in [-0.3, -0.25) is 9.59 Å². The van der Waals surface area contributed by atoms with Gasteiger partial charge in [0.15, 0.2) is 0 Å². The highest BCUT2D eigenvalue weighted by Gasteiger charge is 2.30. The normalized spacial score (nSPS) is 11.7. The molecule has 4 nitrogen and oxygen atoms in total. The first-order valence-electron chi connectivity index (χ1n) is 9.51. The number of benzene rings is 2. The fourth-order valence-electron chi connectivity index (χ4n) is 3.04. The monoisotopic (exact) mass is 420 g/mol. The lowest BCUT2D eigenvalue weighted by atomic mass is 10.0. The fourth-order valence-corrected chi connectivity index (χ4v) is 3.51. The molecule has 0 heterocycles. The highest BCUT2D eigenvalue weighted by molar-refractivity contribution is 6.35. The topological polar surface area (TPSA) is 49.4 Å². The number of rotatable bonds is 9. The number of halogens is 2. The third-order valence-corrected chi connectivity index (χ3v) is 5.03. The molecule has 0 aliphatic heterocycles. The lowest BCUT2D eigenvalue weighted by molar-refractivity contribution is -0.141. The zero-order valence-electron chi connectivity index (χ0n) is 16.3. The van der Waals surface area contributed by atoms with Crippen LogP contribution < -0.4 is 5.32 Å². The van der Waals surface area contributed by atoms with Gasteiger partial charge in [-0.1, -0.05) is 66.5 Å². The average molecular weight is 421 g/mol. The lowest BCUT2D eigenvalue weighted by Gasteiger charge is -2.31. The SMILES string of the molecule is CCCC(=O)N(Cc1ccc(Cl)cc1Cl)[C@H](Cc1ccccc1)C(=O)NCC. The first-order valence-corrected chi connectivity index (χ1v) is 10.3. The summed E-state index contributed by atoms with van der Waals surface area (Å²) in [6.07, 6.45) is 1.51. The Morgan fingerprint density at radius 1 is 1.07 bits per heavy atom. The van der Waals surface area contributed by atoms with Gasteiger partial charge in [0.1, 0.15) is 6.04 Å². The van der Waals surface area contributed by atoms with Gasteiger partial charge in [-0.15, -0.1) is 0 Å². The third-order valence-electron chi connectivity index (χ3n) is 4.44. The van der Waals surface area contributed by atoms with Crippen molar-refractivity contribution in [3.8, 4) is 0 Å². The second kappa shape index (κ2) is 11.1. The predicted octanol–water partition coefficient (Wildman–Crippen LogP) is 4.87. The Morgan fingerprint density at radius 2 is 1.79 bits per heavy atom. The minimum atomic E-state index is -0.617. The Balaban J connectivity index is 2.38. The Hall–Kier alpha value is -2.04. The van der Waals surface area contributed by atoms with Gasteiger partial charge in [0.25, 0.3) is 0 Å². The molecule has 0 fully saturated rings.